The number of carbonyl (C=O) groups excluding carboxylic acids is 2. The topological polar surface area (TPSA) is 89.2 Å². The molecule has 4 rings (SSSR count). The molecule has 0 radical (unpaired) electrons. The average Bonchev–Trinajstić information content (AvgIpc) is 3.32. The molecule has 28 heavy (non-hydrogen) atoms. The largest absolute Gasteiger partial charge is 0.503 e. The van der Waals surface area contributed by atoms with Gasteiger partial charge in [0.15, 0.2) is 23.0 Å². The molecule has 1 N–H and O–H groups in total. The SMILES string of the molecule is Cc1ccc(C2C(C(=O)C(C)(C)C)=C(O)C(=O)N2c2ccc3c(c2)OCO3)o1. The van der Waals surface area contributed by atoms with Gasteiger partial charge in [-0.15, -0.1) is 0 Å². The molecule has 2 aromatic rings. The van der Waals surface area contributed by atoms with Crippen molar-refractivity contribution in [3.63, 3.8) is 0 Å². The second kappa shape index (κ2) is 6.15. The Hall–Kier alpha value is -3.22. The van der Waals surface area contributed by atoms with E-state index in [1.807, 2.05) is 0 Å². The van der Waals surface area contributed by atoms with Crippen LogP contribution in [-0.2, 0) is 9.59 Å². The van der Waals surface area contributed by atoms with Crippen molar-refractivity contribution in [1.82, 2.24) is 0 Å². The van der Waals surface area contributed by atoms with Crippen molar-refractivity contribution in [1.29, 1.82) is 0 Å². The van der Waals surface area contributed by atoms with Gasteiger partial charge in [0.2, 0.25) is 6.79 Å². The van der Waals surface area contributed by atoms with Gasteiger partial charge < -0.3 is 19.0 Å². The number of hydrogen-bond donors (Lipinski definition) is 1. The lowest BCUT2D eigenvalue weighted by Gasteiger charge is -2.27. The van der Waals surface area contributed by atoms with Gasteiger partial charge in [-0.05, 0) is 31.2 Å². The van der Waals surface area contributed by atoms with Crippen LogP contribution >= 0.6 is 0 Å². The first-order valence-corrected chi connectivity index (χ1v) is 8.96. The summed E-state index contributed by atoms with van der Waals surface area (Å²) in [4.78, 5) is 27.4. The number of furan rings is 1. The molecule has 0 aliphatic carbocycles. The van der Waals surface area contributed by atoms with Gasteiger partial charge in [-0.2, -0.15) is 0 Å². The number of aliphatic hydroxyl groups excluding tert-OH is 1. The Morgan fingerprint density at radius 2 is 1.86 bits per heavy atom. The second-order valence-electron chi connectivity index (χ2n) is 7.91. The normalized spacial score (nSPS) is 18.9. The maximum absolute atomic E-state index is 13.1. The number of benzene rings is 1. The van der Waals surface area contributed by atoms with Crippen LogP contribution in [0.4, 0.5) is 5.69 Å². The molecule has 2 aliphatic heterocycles. The molecular formula is C21H21NO6. The third-order valence-electron chi connectivity index (χ3n) is 4.80. The molecule has 1 aromatic carbocycles. The zero-order valence-corrected chi connectivity index (χ0v) is 16.1. The lowest BCUT2D eigenvalue weighted by molar-refractivity contribution is -0.123. The molecule has 2 aliphatic rings. The molecule has 7 nitrogen and oxygen atoms in total. The van der Waals surface area contributed by atoms with Crippen molar-refractivity contribution in [2.45, 2.75) is 33.7 Å². The number of fused-ring (bicyclic) bond motifs is 1. The Bertz CT molecular complexity index is 1010. The molecule has 1 unspecified atom stereocenters. The van der Waals surface area contributed by atoms with E-state index in [-0.39, 0.29) is 18.1 Å². The molecule has 0 saturated heterocycles. The van der Waals surface area contributed by atoms with Gasteiger partial charge in [0, 0.05) is 17.2 Å². The maximum atomic E-state index is 13.1. The molecule has 0 bridgehead atoms. The minimum atomic E-state index is -0.867. The molecule has 1 amide bonds. The summed E-state index contributed by atoms with van der Waals surface area (Å²) < 4.78 is 16.5. The van der Waals surface area contributed by atoms with Crippen molar-refractivity contribution in [3.8, 4) is 11.5 Å². The van der Waals surface area contributed by atoms with Crippen LogP contribution in [0.5, 0.6) is 11.5 Å². The smallest absolute Gasteiger partial charge is 0.294 e. The average molecular weight is 383 g/mol. The highest BCUT2D eigenvalue weighted by atomic mass is 16.7. The molecule has 7 heteroatoms. The van der Waals surface area contributed by atoms with Crippen LogP contribution in [0.3, 0.4) is 0 Å². The molecule has 0 saturated carbocycles. The summed E-state index contributed by atoms with van der Waals surface area (Å²) in [5, 5.41) is 10.6. The summed E-state index contributed by atoms with van der Waals surface area (Å²) in [5.41, 5.74) is -0.282. The van der Waals surface area contributed by atoms with Crippen molar-refractivity contribution in [2.24, 2.45) is 5.41 Å². The zero-order chi connectivity index (χ0) is 20.2. The number of aryl methyl sites for hydroxylation is 1. The van der Waals surface area contributed by atoms with Crippen LogP contribution in [0.2, 0.25) is 0 Å². The highest BCUT2D eigenvalue weighted by Crippen LogP contribution is 2.45. The first-order chi connectivity index (χ1) is 13.2. The van der Waals surface area contributed by atoms with E-state index in [1.54, 1.807) is 58.0 Å². The van der Waals surface area contributed by atoms with E-state index in [2.05, 4.69) is 0 Å². The summed E-state index contributed by atoms with van der Waals surface area (Å²) in [6.07, 6.45) is 0. The molecule has 3 heterocycles. The number of aliphatic hydroxyl groups is 1. The van der Waals surface area contributed by atoms with Gasteiger partial charge >= 0.3 is 0 Å². The number of carbonyl (C=O) groups is 2. The van der Waals surface area contributed by atoms with Gasteiger partial charge in [-0.3, -0.25) is 14.5 Å². The van der Waals surface area contributed by atoms with E-state index in [4.69, 9.17) is 13.9 Å². The molecule has 0 spiro atoms. The minimum absolute atomic E-state index is 0.0320. The van der Waals surface area contributed by atoms with E-state index in [1.165, 1.54) is 4.90 Å². The summed E-state index contributed by atoms with van der Waals surface area (Å²) in [6, 6.07) is 7.63. The first kappa shape index (κ1) is 18.2. The number of ether oxygens (including phenoxy) is 2. The summed E-state index contributed by atoms with van der Waals surface area (Å²) in [7, 11) is 0. The van der Waals surface area contributed by atoms with E-state index in [9.17, 15) is 14.7 Å². The Morgan fingerprint density at radius 1 is 1.14 bits per heavy atom. The van der Waals surface area contributed by atoms with Crippen molar-refractivity contribution in [3.05, 3.63) is 53.2 Å². The quantitative estimate of drug-likeness (QED) is 0.866. The van der Waals surface area contributed by atoms with Gasteiger partial charge in [-0.25, -0.2) is 0 Å². The van der Waals surface area contributed by atoms with Gasteiger partial charge in [0.1, 0.15) is 17.6 Å². The fraction of sp³-hybridized carbons (Fsp3) is 0.333. The lowest BCUT2D eigenvalue weighted by atomic mass is 9.83. The predicted octanol–water partition coefficient (Wildman–Crippen LogP) is 3.83. The predicted molar refractivity (Wildman–Crippen MR) is 100 cm³/mol. The van der Waals surface area contributed by atoms with Crippen molar-refractivity contribution < 1.29 is 28.6 Å². The summed E-state index contributed by atoms with van der Waals surface area (Å²) in [6.45, 7) is 7.11. The van der Waals surface area contributed by atoms with E-state index < -0.39 is 23.1 Å². The van der Waals surface area contributed by atoms with E-state index in [0.29, 0.717) is 28.7 Å². The Kier molecular flexibility index (Phi) is 3.99. The lowest BCUT2D eigenvalue weighted by Crippen LogP contribution is -2.32. The number of amides is 1. The summed E-state index contributed by atoms with van der Waals surface area (Å²) >= 11 is 0. The van der Waals surface area contributed by atoms with Crippen LogP contribution in [0.15, 0.2) is 46.1 Å². The molecule has 146 valence electrons. The molecular weight excluding hydrogens is 362 g/mol. The maximum Gasteiger partial charge on any atom is 0.294 e. The third kappa shape index (κ3) is 2.74. The number of hydrogen-bond acceptors (Lipinski definition) is 6. The minimum Gasteiger partial charge on any atom is -0.503 e. The Morgan fingerprint density at radius 3 is 2.50 bits per heavy atom. The third-order valence-corrected chi connectivity index (χ3v) is 4.80. The highest BCUT2D eigenvalue weighted by Gasteiger charge is 2.48. The van der Waals surface area contributed by atoms with Crippen LogP contribution in [0.1, 0.15) is 38.3 Å². The van der Waals surface area contributed by atoms with Crippen LogP contribution in [0, 0.1) is 12.3 Å². The van der Waals surface area contributed by atoms with Crippen molar-refractivity contribution >= 4 is 17.4 Å². The van der Waals surface area contributed by atoms with E-state index >= 15 is 0 Å². The number of Topliss-reactive ketones (excluding diaryl/α,β-unsaturated/α-hetero) is 1. The van der Waals surface area contributed by atoms with E-state index in [0.717, 1.165) is 0 Å². The van der Waals surface area contributed by atoms with Crippen LogP contribution in [-0.4, -0.2) is 23.6 Å². The zero-order valence-electron chi connectivity index (χ0n) is 16.1. The summed E-state index contributed by atoms with van der Waals surface area (Å²) in [5.74, 6) is 0.573. The molecule has 1 atom stereocenters. The number of rotatable bonds is 3. The van der Waals surface area contributed by atoms with Crippen LogP contribution < -0.4 is 14.4 Å². The number of ketones is 1. The highest BCUT2D eigenvalue weighted by molar-refractivity contribution is 6.17. The van der Waals surface area contributed by atoms with Gasteiger partial charge in [-0.1, -0.05) is 20.8 Å². The number of anilines is 1. The number of nitrogens with zero attached hydrogens (tertiary/aromatic N) is 1. The van der Waals surface area contributed by atoms with Gasteiger partial charge in [0.25, 0.3) is 5.91 Å². The first-order valence-electron chi connectivity index (χ1n) is 8.96. The van der Waals surface area contributed by atoms with Crippen molar-refractivity contribution in [2.75, 3.05) is 11.7 Å². The Balaban J connectivity index is 1.86. The Labute approximate surface area is 162 Å². The van der Waals surface area contributed by atoms with Crippen LogP contribution in [0.25, 0.3) is 0 Å². The fourth-order valence-corrected chi connectivity index (χ4v) is 3.41. The molecule has 0 fully saturated rings. The molecule has 1 aromatic heterocycles. The second-order valence-corrected chi connectivity index (χ2v) is 7.91. The monoisotopic (exact) mass is 383 g/mol. The fourth-order valence-electron chi connectivity index (χ4n) is 3.41. The van der Waals surface area contributed by atoms with Gasteiger partial charge in [0.05, 0.1) is 5.57 Å². The standard InChI is InChI=1S/C21H21NO6/c1-11-5-7-14(28-11)17-16(19(24)21(2,3)4)18(23)20(25)22(17)12-6-8-13-15(9-12)27-10-26-13/h5-9,17,23H,10H2,1-4H3.